The minimum absolute atomic E-state index is 0. The number of aliphatic imine (C=N–C) groups is 1. The zero-order chi connectivity index (χ0) is 19.9. The van der Waals surface area contributed by atoms with Crippen molar-refractivity contribution in [2.45, 2.75) is 33.2 Å². The van der Waals surface area contributed by atoms with Crippen LogP contribution >= 0.6 is 35.3 Å². The van der Waals surface area contributed by atoms with Gasteiger partial charge in [0.1, 0.15) is 0 Å². The second-order valence-electron chi connectivity index (χ2n) is 8.01. The van der Waals surface area contributed by atoms with E-state index in [1.807, 2.05) is 11.3 Å². The molecule has 0 radical (unpaired) electrons. The Morgan fingerprint density at radius 1 is 1.34 bits per heavy atom. The number of guanidine groups is 1. The first-order chi connectivity index (χ1) is 13.6. The van der Waals surface area contributed by atoms with E-state index in [0.29, 0.717) is 12.5 Å². The number of halogens is 1. The molecule has 2 aliphatic heterocycles. The molecule has 0 saturated carbocycles. The van der Waals surface area contributed by atoms with Gasteiger partial charge in [0.2, 0.25) is 0 Å². The van der Waals surface area contributed by atoms with Gasteiger partial charge in [0.25, 0.3) is 0 Å². The molecule has 0 spiro atoms. The largest absolute Gasteiger partial charge is 0.469 e. The molecule has 3 rings (SSSR count). The third-order valence-corrected chi connectivity index (χ3v) is 6.78. The predicted molar refractivity (Wildman–Crippen MR) is 130 cm³/mol. The monoisotopic (exact) mass is 534 g/mol. The summed E-state index contributed by atoms with van der Waals surface area (Å²) in [6.45, 7) is 10.8. The molecule has 1 N–H and O–H groups in total. The van der Waals surface area contributed by atoms with Crippen molar-refractivity contribution in [2.75, 3.05) is 46.4 Å². The average molecular weight is 535 g/mol. The molecule has 0 aromatic carbocycles. The maximum Gasteiger partial charge on any atom is 0.310 e. The molecule has 3 heterocycles. The number of methoxy groups -OCH3 is 1. The summed E-state index contributed by atoms with van der Waals surface area (Å²) >= 11 is 1.84. The number of esters is 1. The fourth-order valence-electron chi connectivity index (χ4n) is 4.19. The number of ether oxygens (including phenoxy) is 1. The van der Waals surface area contributed by atoms with Crippen LogP contribution in [0.1, 0.15) is 31.6 Å². The second kappa shape index (κ2) is 12.1. The molecule has 2 unspecified atom stereocenters. The Morgan fingerprint density at radius 2 is 2.10 bits per heavy atom. The summed E-state index contributed by atoms with van der Waals surface area (Å²) < 4.78 is 4.97. The van der Waals surface area contributed by atoms with E-state index in [0.717, 1.165) is 45.2 Å². The topological polar surface area (TPSA) is 57.2 Å². The maximum atomic E-state index is 12.0. The van der Waals surface area contributed by atoms with Crippen LogP contribution in [-0.2, 0) is 16.1 Å². The molecule has 2 aliphatic rings. The van der Waals surface area contributed by atoms with Crippen molar-refractivity contribution in [3.05, 3.63) is 22.4 Å². The molecule has 0 bridgehead atoms. The van der Waals surface area contributed by atoms with Gasteiger partial charge >= 0.3 is 5.97 Å². The summed E-state index contributed by atoms with van der Waals surface area (Å²) in [5, 5.41) is 5.57. The number of carbonyl (C=O) groups is 1. The zero-order valence-electron chi connectivity index (χ0n) is 17.8. The van der Waals surface area contributed by atoms with Gasteiger partial charge in [0.05, 0.1) is 13.0 Å². The highest BCUT2D eigenvalue weighted by Crippen LogP contribution is 2.25. The van der Waals surface area contributed by atoms with Crippen molar-refractivity contribution < 1.29 is 9.53 Å². The Balaban J connectivity index is 0.00000300. The summed E-state index contributed by atoms with van der Waals surface area (Å²) in [6.07, 6.45) is 2.41. The fraction of sp³-hybridized carbons (Fsp3) is 0.714. The lowest BCUT2D eigenvalue weighted by atomic mass is 9.97. The van der Waals surface area contributed by atoms with Gasteiger partial charge in [-0.1, -0.05) is 13.0 Å². The van der Waals surface area contributed by atoms with Crippen LogP contribution in [0.2, 0.25) is 0 Å². The van der Waals surface area contributed by atoms with Crippen LogP contribution in [0, 0.1) is 17.8 Å². The summed E-state index contributed by atoms with van der Waals surface area (Å²) in [4.78, 5) is 23.2. The Labute approximate surface area is 196 Å². The van der Waals surface area contributed by atoms with Crippen LogP contribution in [0.4, 0.5) is 0 Å². The summed E-state index contributed by atoms with van der Waals surface area (Å²) in [7, 11) is 1.47. The van der Waals surface area contributed by atoms with E-state index in [2.05, 4.69) is 46.5 Å². The van der Waals surface area contributed by atoms with Gasteiger partial charge in [-0.3, -0.25) is 14.7 Å². The van der Waals surface area contributed by atoms with E-state index in [1.54, 1.807) is 0 Å². The van der Waals surface area contributed by atoms with E-state index in [-0.39, 0.29) is 41.8 Å². The van der Waals surface area contributed by atoms with Crippen molar-refractivity contribution in [3.8, 4) is 0 Å². The molecule has 8 heteroatoms. The Bertz CT molecular complexity index is 647. The van der Waals surface area contributed by atoms with E-state index >= 15 is 0 Å². The normalized spacial score (nSPS) is 23.7. The molecule has 0 aliphatic carbocycles. The van der Waals surface area contributed by atoms with Gasteiger partial charge in [-0.15, -0.1) is 35.3 Å². The number of piperidine rings is 1. The fourth-order valence-corrected chi connectivity index (χ4v) is 4.94. The average Bonchev–Trinajstić information content (AvgIpc) is 3.35. The lowest BCUT2D eigenvalue weighted by molar-refractivity contribution is -0.145. The molecule has 29 heavy (non-hydrogen) atoms. The molecule has 2 fully saturated rings. The minimum Gasteiger partial charge on any atom is -0.469 e. The number of hydrogen-bond donors (Lipinski definition) is 1. The lowest BCUT2D eigenvalue weighted by Gasteiger charge is -2.31. The Morgan fingerprint density at radius 3 is 2.72 bits per heavy atom. The van der Waals surface area contributed by atoms with Crippen LogP contribution in [0.15, 0.2) is 22.5 Å². The minimum atomic E-state index is -0.107. The molecule has 6 nitrogen and oxygen atoms in total. The van der Waals surface area contributed by atoms with Gasteiger partial charge < -0.3 is 15.0 Å². The number of thiophene rings is 1. The quantitative estimate of drug-likeness (QED) is 0.263. The van der Waals surface area contributed by atoms with Gasteiger partial charge in [-0.25, -0.2) is 0 Å². The number of rotatable bonds is 6. The van der Waals surface area contributed by atoms with Crippen molar-refractivity contribution in [2.24, 2.45) is 22.7 Å². The van der Waals surface area contributed by atoms with Crippen LogP contribution < -0.4 is 5.32 Å². The second-order valence-corrected chi connectivity index (χ2v) is 9.04. The number of hydrogen-bond acceptors (Lipinski definition) is 5. The zero-order valence-corrected chi connectivity index (χ0v) is 20.9. The van der Waals surface area contributed by atoms with Gasteiger partial charge in [-0.2, -0.15) is 0 Å². The first-order valence-corrected chi connectivity index (χ1v) is 11.3. The molecule has 1 aromatic rings. The van der Waals surface area contributed by atoms with Crippen LogP contribution in [0.3, 0.4) is 0 Å². The molecule has 2 atom stereocenters. The molecular formula is C21H35IN4O2S. The third-order valence-electron chi connectivity index (χ3n) is 5.92. The number of nitrogens with zero attached hydrogens (tertiary/aromatic N) is 3. The van der Waals surface area contributed by atoms with Crippen molar-refractivity contribution in [1.82, 2.24) is 15.1 Å². The number of likely N-dealkylation sites (tertiary alicyclic amines) is 2. The van der Waals surface area contributed by atoms with Crippen molar-refractivity contribution >= 4 is 47.2 Å². The Kier molecular flexibility index (Phi) is 10.2. The third kappa shape index (κ3) is 6.82. The first-order valence-electron chi connectivity index (χ1n) is 10.5. The van der Waals surface area contributed by atoms with Crippen LogP contribution in [0.25, 0.3) is 0 Å². The highest BCUT2D eigenvalue weighted by molar-refractivity contribution is 14.0. The van der Waals surface area contributed by atoms with E-state index in [4.69, 9.17) is 9.73 Å². The Hall–Kier alpha value is -0.870. The highest BCUT2D eigenvalue weighted by atomic mass is 127. The van der Waals surface area contributed by atoms with Crippen LogP contribution in [0.5, 0.6) is 0 Å². The van der Waals surface area contributed by atoms with Crippen molar-refractivity contribution in [3.63, 3.8) is 0 Å². The van der Waals surface area contributed by atoms with E-state index < -0.39 is 0 Å². The summed E-state index contributed by atoms with van der Waals surface area (Å²) in [6, 6.07) is 4.36. The lowest BCUT2D eigenvalue weighted by Crippen LogP contribution is -2.41. The van der Waals surface area contributed by atoms with Gasteiger partial charge in [-0.05, 0) is 56.1 Å². The standard InChI is InChI=1S/C21H34N4O2S.HI/c1-4-22-21(25-13-16(2)19(15-25)20(26)27-3)23-12-17-7-9-24(10-8-17)14-18-6-5-11-28-18;/h5-6,11,16-17,19H,4,7-10,12-15H2,1-3H3,(H,22,23);1H. The van der Waals surface area contributed by atoms with Crippen molar-refractivity contribution in [1.29, 1.82) is 0 Å². The van der Waals surface area contributed by atoms with Crippen LogP contribution in [-0.4, -0.2) is 68.1 Å². The SMILES string of the molecule is CCNC(=NCC1CCN(Cc2cccs2)CC1)N1CC(C)C(C(=O)OC)C1.I. The molecule has 1 aromatic heterocycles. The number of carbonyl (C=O) groups excluding carboxylic acids is 1. The maximum absolute atomic E-state index is 12.0. The van der Waals surface area contributed by atoms with E-state index in [9.17, 15) is 4.79 Å². The summed E-state index contributed by atoms with van der Waals surface area (Å²) in [5.41, 5.74) is 0. The first kappa shape index (κ1) is 24.4. The summed E-state index contributed by atoms with van der Waals surface area (Å²) in [5.74, 6) is 1.71. The molecule has 164 valence electrons. The highest BCUT2D eigenvalue weighted by Gasteiger charge is 2.37. The predicted octanol–water partition coefficient (Wildman–Crippen LogP) is 3.28. The number of nitrogens with one attached hydrogen (secondary N) is 1. The molecule has 2 saturated heterocycles. The van der Waals surface area contributed by atoms with E-state index in [1.165, 1.54) is 24.8 Å². The molecule has 0 amide bonds. The van der Waals surface area contributed by atoms with Gasteiger partial charge in [0.15, 0.2) is 5.96 Å². The smallest absolute Gasteiger partial charge is 0.310 e. The van der Waals surface area contributed by atoms with Gasteiger partial charge in [0, 0.05) is 37.6 Å². The molecular weight excluding hydrogens is 499 g/mol.